The van der Waals surface area contributed by atoms with Gasteiger partial charge in [0.2, 0.25) is 0 Å². The molecule has 0 aliphatic rings. The highest BCUT2D eigenvalue weighted by Crippen LogP contribution is 2.32. The highest BCUT2D eigenvalue weighted by molar-refractivity contribution is 5.95. The Kier molecular flexibility index (Phi) is 4.48. The van der Waals surface area contributed by atoms with E-state index in [4.69, 9.17) is 9.15 Å². The number of furan rings is 1. The monoisotopic (exact) mass is 312 g/mol. The number of methoxy groups -OCH3 is 1. The van der Waals surface area contributed by atoms with Crippen molar-refractivity contribution in [2.75, 3.05) is 19.0 Å². The topological polar surface area (TPSA) is 67.5 Å². The highest BCUT2D eigenvalue weighted by Gasteiger charge is 2.16. The number of benzene rings is 1. The summed E-state index contributed by atoms with van der Waals surface area (Å²) in [6.07, 6.45) is 2.20. The Labute approximate surface area is 134 Å². The number of para-hydroxylation sites is 1. The number of hydrogen-bond donors (Lipinski definition) is 2. The number of aliphatic hydroxyl groups excluding tert-OH is 1. The van der Waals surface area contributed by atoms with Gasteiger partial charge in [0.15, 0.2) is 0 Å². The van der Waals surface area contributed by atoms with Crippen LogP contribution in [0.15, 0.2) is 47.1 Å². The Balaban J connectivity index is 2.05. The molecule has 2 aromatic heterocycles. The molecule has 5 heteroatoms. The average molecular weight is 312 g/mol. The van der Waals surface area contributed by atoms with Gasteiger partial charge in [-0.25, -0.2) is 4.98 Å². The molecule has 3 rings (SSSR count). The lowest BCUT2D eigenvalue weighted by Gasteiger charge is -2.19. The van der Waals surface area contributed by atoms with Gasteiger partial charge in [-0.1, -0.05) is 12.1 Å². The molecule has 3 aromatic rings. The van der Waals surface area contributed by atoms with Gasteiger partial charge in [-0.3, -0.25) is 0 Å². The first kappa shape index (κ1) is 15.4. The van der Waals surface area contributed by atoms with E-state index < -0.39 is 0 Å². The van der Waals surface area contributed by atoms with Gasteiger partial charge >= 0.3 is 0 Å². The number of hydrogen-bond acceptors (Lipinski definition) is 5. The predicted molar refractivity (Wildman–Crippen MR) is 89.8 cm³/mol. The molecule has 0 radical (unpaired) electrons. The summed E-state index contributed by atoms with van der Waals surface area (Å²) in [4.78, 5) is 4.59. The third-order valence-corrected chi connectivity index (χ3v) is 3.78. The molecule has 1 atom stereocenters. The van der Waals surface area contributed by atoms with Crippen LogP contribution in [-0.2, 0) is 0 Å². The molecule has 0 spiro atoms. The van der Waals surface area contributed by atoms with Gasteiger partial charge in [0.05, 0.1) is 19.4 Å². The van der Waals surface area contributed by atoms with Gasteiger partial charge in [0.1, 0.15) is 17.0 Å². The Morgan fingerprint density at radius 3 is 2.87 bits per heavy atom. The zero-order chi connectivity index (χ0) is 16.2. The number of pyridine rings is 1. The Hall–Kier alpha value is -2.53. The van der Waals surface area contributed by atoms with Crippen LogP contribution in [0.3, 0.4) is 0 Å². The summed E-state index contributed by atoms with van der Waals surface area (Å²) in [5.41, 5.74) is 2.66. The SMILES string of the molecule is COc1cccc2c(NC(CCO)c3ccco3)cc(C)nc12. The summed E-state index contributed by atoms with van der Waals surface area (Å²) in [6, 6.07) is 11.5. The molecular weight excluding hydrogens is 292 g/mol. The number of aliphatic hydroxyl groups is 1. The lowest BCUT2D eigenvalue weighted by molar-refractivity contribution is 0.273. The minimum Gasteiger partial charge on any atom is -0.494 e. The fraction of sp³-hybridized carbons (Fsp3) is 0.278. The molecule has 0 saturated heterocycles. The molecule has 0 amide bonds. The summed E-state index contributed by atoms with van der Waals surface area (Å²) in [5.74, 6) is 1.54. The second-order valence-corrected chi connectivity index (χ2v) is 5.39. The third-order valence-electron chi connectivity index (χ3n) is 3.78. The Morgan fingerprint density at radius 1 is 1.30 bits per heavy atom. The lowest BCUT2D eigenvalue weighted by atomic mass is 10.1. The van der Waals surface area contributed by atoms with E-state index in [2.05, 4.69) is 10.3 Å². The summed E-state index contributed by atoms with van der Waals surface area (Å²) in [5, 5.41) is 13.8. The van der Waals surface area contributed by atoms with Crippen molar-refractivity contribution in [3.63, 3.8) is 0 Å². The molecule has 1 aromatic carbocycles. The first-order valence-electron chi connectivity index (χ1n) is 7.58. The van der Waals surface area contributed by atoms with Crippen LogP contribution < -0.4 is 10.1 Å². The molecule has 0 saturated carbocycles. The normalized spacial score (nSPS) is 12.3. The lowest BCUT2D eigenvalue weighted by Crippen LogP contribution is -2.12. The Morgan fingerprint density at radius 2 is 2.17 bits per heavy atom. The van der Waals surface area contributed by atoms with E-state index in [1.165, 1.54) is 0 Å². The van der Waals surface area contributed by atoms with E-state index >= 15 is 0 Å². The van der Waals surface area contributed by atoms with Gasteiger partial charge in [0.25, 0.3) is 0 Å². The van der Waals surface area contributed by atoms with Crippen LogP contribution in [0.4, 0.5) is 5.69 Å². The first-order chi connectivity index (χ1) is 11.2. The highest BCUT2D eigenvalue weighted by atomic mass is 16.5. The maximum atomic E-state index is 9.35. The fourth-order valence-corrected chi connectivity index (χ4v) is 2.73. The standard InChI is InChI=1S/C18H20N2O3/c1-12-11-15(13-5-3-6-17(22-2)18(13)19-12)20-14(8-9-21)16-7-4-10-23-16/h3-7,10-11,14,21H,8-9H2,1-2H3,(H,19,20). The number of anilines is 1. The van der Waals surface area contributed by atoms with E-state index in [1.807, 2.05) is 43.3 Å². The molecule has 2 N–H and O–H groups in total. The predicted octanol–water partition coefficient (Wildman–Crippen LogP) is 3.68. The second kappa shape index (κ2) is 6.71. The summed E-state index contributed by atoms with van der Waals surface area (Å²) in [7, 11) is 1.64. The van der Waals surface area contributed by atoms with Crippen LogP contribution >= 0.6 is 0 Å². The van der Waals surface area contributed by atoms with E-state index in [1.54, 1.807) is 13.4 Å². The quantitative estimate of drug-likeness (QED) is 0.727. The van der Waals surface area contributed by atoms with Crippen molar-refractivity contribution in [1.82, 2.24) is 4.98 Å². The minimum atomic E-state index is -0.105. The summed E-state index contributed by atoms with van der Waals surface area (Å²) < 4.78 is 10.9. The van der Waals surface area contributed by atoms with Crippen LogP contribution in [0.25, 0.3) is 10.9 Å². The zero-order valence-corrected chi connectivity index (χ0v) is 13.2. The maximum Gasteiger partial charge on any atom is 0.145 e. The molecule has 2 heterocycles. The molecule has 0 aliphatic heterocycles. The third kappa shape index (κ3) is 3.14. The smallest absolute Gasteiger partial charge is 0.145 e. The van der Waals surface area contributed by atoms with Crippen LogP contribution in [0.2, 0.25) is 0 Å². The van der Waals surface area contributed by atoms with Crippen molar-refractivity contribution >= 4 is 16.6 Å². The number of fused-ring (bicyclic) bond motifs is 1. The first-order valence-corrected chi connectivity index (χ1v) is 7.58. The second-order valence-electron chi connectivity index (χ2n) is 5.39. The summed E-state index contributed by atoms with van der Waals surface area (Å²) in [6.45, 7) is 2.02. The van der Waals surface area contributed by atoms with Gasteiger partial charge in [0, 0.05) is 23.4 Å². The molecule has 0 aliphatic carbocycles. The average Bonchev–Trinajstić information content (AvgIpc) is 3.08. The molecule has 0 bridgehead atoms. The Bertz CT molecular complexity index is 784. The molecular formula is C18H20N2O3. The van der Waals surface area contributed by atoms with Crippen LogP contribution in [0, 0.1) is 6.92 Å². The number of rotatable bonds is 6. The zero-order valence-electron chi connectivity index (χ0n) is 13.2. The molecule has 1 unspecified atom stereocenters. The van der Waals surface area contributed by atoms with Crippen LogP contribution in [0.1, 0.15) is 23.9 Å². The van der Waals surface area contributed by atoms with E-state index in [0.717, 1.165) is 33.8 Å². The van der Waals surface area contributed by atoms with Crippen molar-refractivity contribution in [2.24, 2.45) is 0 Å². The van der Waals surface area contributed by atoms with E-state index in [0.29, 0.717) is 6.42 Å². The van der Waals surface area contributed by atoms with Gasteiger partial charge in [-0.15, -0.1) is 0 Å². The molecule has 23 heavy (non-hydrogen) atoms. The molecule has 0 fully saturated rings. The fourth-order valence-electron chi connectivity index (χ4n) is 2.73. The van der Waals surface area contributed by atoms with Gasteiger partial charge < -0.3 is 19.6 Å². The number of aryl methyl sites for hydroxylation is 1. The molecule has 120 valence electrons. The van der Waals surface area contributed by atoms with Crippen molar-refractivity contribution in [1.29, 1.82) is 0 Å². The number of nitrogens with one attached hydrogen (secondary N) is 1. The van der Waals surface area contributed by atoms with E-state index in [-0.39, 0.29) is 12.6 Å². The van der Waals surface area contributed by atoms with Crippen LogP contribution in [0.5, 0.6) is 5.75 Å². The minimum absolute atomic E-state index is 0.0731. The molecule has 5 nitrogen and oxygen atoms in total. The van der Waals surface area contributed by atoms with Crippen LogP contribution in [-0.4, -0.2) is 23.8 Å². The summed E-state index contributed by atoms with van der Waals surface area (Å²) >= 11 is 0. The van der Waals surface area contributed by atoms with Crippen molar-refractivity contribution < 1.29 is 14.3 Å². The van der Waals surface area contributed by atoms with Gasteiger partial charge in [-0.05, 0) is 37.6 Å². The van der Waals surface area contributed by atoms with E-state index in [9.17, 15) is 5.11 Å². The van der Waals surface area contributed by atoms with Crippen molar-refractivity contribution in [3.05, 3.63) is 54.1 Å². The number of aromatic nitrogens is 1. The largest absolute Gasteiger partial charge is 0.494 e. The van der Waals surface area contributed by atoms with Gasteiger partial charge in [-0.2, -0.15) is 0 Å². The van der Waals surface area contributed by atoms with Crippen molar-refractivity contribution in [2.45, 2.75) is 19.4 Å². The van der Waals surface area contributed by atoms with Crippen molar-refractivity contribution in [3.8, 4) is 5.75 Å². The number of nitrogens with zero attached hydrogens (tertiary/aromatic N) is 1. The maximum absolute atomic E-state index is 9.35. The number of ether oxygens (including phenoxy) is 1.